The van der Waals surface area contributed by atoms with E-state index >= 15 is 0 Å². The van der Waals surface area contributed by atoms with Crippen LogP contribution in [-0.2, 0) is 11.2 Å². The lowest BCUT2D eigenvalue weighted by Crippen LogP contribution is -2.51. The molecule has 0 atom stereocenters. The summed E-state index contributed by atoms with van der Waals surface area (Å²) in [7, 11) is 0. The van der Waals surface area contributed by atoms with Crippen molar-refractivity contribution in [2.24, 2.45) is 5.73 Å². The first kappa shape index (κ1) is 16.9. The van der Waals surface area contributed by atoms with Crippen LogP contribution in [0.5, 0.6) is 0 Å². The monoisotopic (exact) mass is 302 g/mol. The predicted octanol–water partition coefficient (Wildman–Crippen LogP) is 1.51. The number of aryl methyl sites for hydroxylation is 2. The number of rotatable bonds is 6. The molecule has 1 saturated carbocycles. The molecule has 0 unspecified atom stereocenters. The minimum atomic E-state index is -0.155. The van der Waals surface area contributed by atoms with E-state index in [0.717, 1.165) is 25.7 Å². The van der Waals surface area contributed by atoms with Crippen molar-refractivity contribution in [1.82, 2.24) is 15.5 Å². The SMILES string of the molecule is Cc1noc(CCCC(=O)NC2(CN)CCCC2)n1.Cl. The van der Waals surface area contributed by atoms with Gasteiger partial charge in [0.1, 0.15) is 0 Å². The lowest BCUT2D eigenvalue weighted by atomic mass is 9.97. The van der Waals surface area contributed by atoms with Gasteiger partial charge in [0.05, 0.1) is 5.54 Å². The second-order valence-corrected chi connectivity index (χ2v) is 5.33. The van der Waals surface area contributed by atoms with E-state index in [1.165, 1.54) is 0 Å². The smallest absolute Gasteiger partial charge is 0.226 e. The Hall–Kier alpha value is -1.14. The zero-order chi connectivity index (χ0) is 13.7. The van der Waals surface area contributed by atoms with Gasteiger partial charge in [0.25, 0.3) is 0 Å². The van der Waals surface area contributed by atoms with Crippen molar-refractivity contribution in [2.45, 2.75) is 57.4 Å². The number of hydrogen-bond donors (Lipinski definition) is 2. The van der Waals surface area contributed by atoms with Gasteiger partial charge in [0, 0.05) is 19.4 Å². The van der Waals surface area contributed by atoms with Crippen LogP contribution in [0.15, 0.2) is 4.52 Å². The molecular formula is C13H23ClN4O2. The third-order valence-corrected chi connectivity index (χ3v) is 3.72. The van der Waals surface area contributed by atoms with Crippen molar-refractivity contribution in [3.05, 3.63) is 11.7 Å². The molecule has 0 spiro atoms. The number of carbonyl (C=O) groups is 1. The number of halogens is 1. The topological polar surface area (TPSA) is 94.0 Å². The summed E-state index contributed by atoms with van der Waals surface area (Å²) < 4.78 is 5.01. The maximum atomic E-state index is 11.9. The molecule has 1 aliphatic rings. The van der Waals surface area contributed by atoms with E-state index in [4.69, 9.17) is 10.3 Å². The fourth-order valence-electron chi connectivity index (χ4n) is 2.63. The van der Waals surface area contributed by atoms with Crippen molar-refractivity contribution < 1.29 is 9.32 Å². The third kappa shape index (κ3) is 4.45. The molecule has 114 valence electrons. The summed E-state index contributed by atoms with van der Waals surface area (Å²) >= 11 is 0. The summed E-state index contributed by atoms with van der Waals surface area (Å²) in [5, 5.41) is 6.82. The maximum Gasteiger partial charge on any atom is 0.226 e. The highest BCUT2D eigenvalue weighted by Gasteiger charge is 2.33. The Kier molecular flexibility index (Phi) is 6.42. The number of nitrogens with one attached hydrogen (secondary N) is 1. The van der Waals surface area contributed by atoms with Gasteiger partial charge >= 0.3 is 0 Å². The highest BCUT2D eigenvalue weighted by Crippen LogP contribution is 2.28. The molecule has 3 N–H and O–H groups in total. The second-order valence-electron chi connectivity index (χ2n) is 5.33. The number of nitrogens with zero attached hydrogens (tertiary/aromatic N) is 2. The molecule has 1 aliphatic carbocycles. The van der Waals surface area contributed by atoms with Crippen LogP contribution in [0.1, 0.15) is 50.2 Å². The number of aromatic nitrogens is 2. The summed E-state index contributed by atoms with van der Waals surface area (Å²) in [4.78, 5) is 16.0. The van der Waals surface area contributed by atoms with Crippen LogP contribution < -0.4 is 11.1 Å². The Morgan fingerprint density at radius 3 is 2.70 bits per heavy atom. The average molecular weight is 303 g/mol. The highest BCUT2D eigenvalue weighted by atomic mass is 35.5. The number of amides is 1. The van der Waals surface area contributed by atoms with E-state index in [2.05, 4.69) is 15.5 Å². The van der Waals surface area contributed by atoms with Gasteiger partial charge in [-0.25, -0.2) is 0 Å². The van der Waals surface area contributed by atoms with Gasteiger partial charge in [-0.05, 0) is 26.2 Å². The van der Waals surface area contributed by atoms with Crippen LogP contribution in [0.4, 0.5) is 0 Å². The summed E-state index contributed by atoms with van der Waals surface area (Å²) in [5.74, 6) is 1.30. The van der Waals surface area contributed by atoms with Gasteiger partial charge in [-0.15, -0.1) is 12.4 Å². The van der Waals surface area contributed by atoms with Crippen LogP contribution in [-0.4, -0.2) is 28.1 Å². The minimum Gasteiger partial charge on any atom is -0.349 e. The zero-order valence-corrected chi connectivity index (χ0v) is 12.7. The molecule has 1 amide bonds. The molecule has 0 radical (unpaired) electrons. The van der Waals surface area contributed by atoms with Gasteiger partial charge in [-0.2, -0.15) is 4.98 Å². The van der Waals surface area contributed by atoms with E-state index in [0.29, 0.717) is 37.5 Å². The van der Waals surface area contributed by atoms with Crippen LogP contribution >= 0.6 is 12.4 Å². The lowest BCUT2D eigenvalue weighted by Gasteiger charge is -2.28. The van der Waals surface area contributed by atoms with Crippen molar-refractivity contribution in [3.63, 3.8) is 0 Å². The van der Waals surface area contributed by atoms with Gasteiger partial charge < -0.3 is 15.6 Å². The number of nitrogens with two attached hydrogens (primary N) is 1. The Morgan fingerprint density at radius 2 is 2.15 bits per heavy atom. The Labute approximate surface area is 125 Å². The molecular weight excluding hydrogens is 280 g/mol. The summed E-state index contributed by atoms with van der Waals surface area (Å²) in [6.07, 6.45) is 6.13. The van der Waals surface area contributed by atoms with Gasteiger partial charge in [0.15, 0.2) is 5.82 Å². The fraction of sp³-hybridized carbons (Fsp3) is 0.769. The van der Waals surface area contributed by atoms with Crippen LogP contribution in [0.2, 0.25) is 0 Å². The summed E-state index contributed by atoms with van der Waals surface area (Å²) in [6.45, 7) is 2.31. The first-order valence-electron chi connectivity index (χ1n) is 6.94. The molecule has 7 heteroatoms. The standard InChI is InChI=1S/C13H22N4O2.ClH/c1-10-15-12(19-17-10)6-4-5-11(18)16-13(9-14)7-2-3-8-13;/h2-9,14H2,1H3,(H,16,18);1H. The van der Waals surface area contributed by atoms with E-state index in [1.807, 2.05) is 0 Å². The Bertz CT molecular complexity index is 430. The van der Waals surface area contributed by atoms with Gasteiger partial charge in [-0.3, -0.25) is 4.79 Å². The molecule has 0 aromatic carbocycles. The number of hydrogen-bond acceptors (Lipinski definition) is 5. The zero-order valence-electron chi connectivity index (χ0n) is 11.9. The predicted molar refractivity (Wildman–Crippen MR) is 77.6 cm³/mol. The van der Waals surface area contributed by atoms with E-state index in [1.54, 1.807) is 6.92 Å². The molecule has 1 aromatic rings. The largest absolute Gasteiger partial charge is 0.349 e. The summed E-state index contributed by atoms with van der Waals surface area (Å²) in [6, 6.07) is 0. The quantitative estimate of drug-likeness (QED) is 0.830. The molecule has 0 bridgehead atoms. The van der Waals surface area contributed by atoms with Crippen molar-refractivity contribution in [3.8, 4) is 0 Å². The lowest BCUT2D eigenvalue weighted by molar-refractivity contribution is -0.123. The molecule has 1 heterocycles. The Morgan fingerprint density at radius 1 is 1.45 bits per heavy atom. The van der Waals surface area contributed by atoms with Gasteiger partial charge in [0.2, 0.25) is 11.8 Å². The third-order valence-electron chi connectivity index (χ3n) is 3.72. The average Bonchev–Trinajstić information content (AvgIpc) is 2.99. The molecule has 0 saturated heterocycles. The molecule has 1 aromatic heterocycles. The summed E-state index contributed by atoms with van der Waals surface area (Å²) in [5.41, 5.74) is 5.64. The fourth-order valence-corrected chi connectivity index (χ4v) is 2.63. The van der Waals surface area contributed by atoms with E-state index < -0.39 is 0 Å². The minimum absolute atomic E-state index is 0. The van der Waals surface area contributed by atoms with E-state index in [-0.39, 0.29) is 23.9 Å². The molecule has 20 heavy (non-hydrogen) atoms. The van der Waals surface area contributed by atoms with Gasteiger partial charge in [-0.1, -0.05) is 18.0 Å². The first-order valence-corrected chi connectivity index (χ1v) is 6.94. The molecule has 6 nitrogen and oxygen atoms in total. The second kappa shape index (κ2) is 7.59. The van der Waals surface area contributed by atoms with Crippen LogP contribution in [0.3, 0.4) is 0 Å². The maximum absolute atomic E-state index is 11.9. The molecule has 0 aliphatic heterocycles. The highest BCUT2D eigenvalue weighted by molar-refractivity contribution is 5.85. The van der Waals surface area contributed by atoms with Crippen molar-refractivity contribution in [2.75, 3.05) is 6.54 Å². The molecule has 2 rings (SSSR count). The molecule has 1 fully saturated rings. The van der Waals surface area contributed by atoms with Crippen LogP contribution in [0, 0.1) is 6.92 Å². The Balaban J connectivity index is 0.00000200. The van der Waals surface area contributed by atoms with Crippen LogP contribution in [0.25, 0.3) is 0 Å². The first-order chi connectivity index (χ1) is 9.13. The number of carbonyl (C=O) groups excluding carboxylic acids is 1. The van der Waals surface area contributed by atoms with Crippen molar-refractivity contribution in [1.29, 1.82) is 0 Å². The van der Waals surface area contributed by atoms with E-state index in [9.17, 15) is 4.79 Å². The normalized spacial score (nSPS) is 16.7. The van der Waals surface area contributed by atoms with Crippen molar-refractivity contribution >= 4 is 18.3 Å².